The van der Waals surface area contributed by atoms with Gasteiger partial charge in [-0.3, -0.25) is 0 Å². The molecule has 0 spiro atoms. The van der Waals surface area contributed by atoms with Crippen LogP contribution in [-0.2, 0) is 6.54 Å². The minimum atomic E-state index is -0.238. The van der Waals surface area contributed by atoms with E-state index in [1.807, 2.05) is 32.1 Å². The molecule has 94 valence electrons. The van der Waals surface area contributed by atoms with Crippen molar-refractivity contribution in [2.75, 3.05) is 5.73 Å². The van der Waals surface area contributed by atoms with Gasteiger partial charge in [-0.2, -0.15) is 5.10 Å². The molecule has 1 heterocycles. The molecule has 0 bridgehead atoms. The van der Waals surface area contributed by atoms with Gasteiger partial charge < -0.3 is 5.73 Å². The van der Waals surface area contributed by atoms with E-state index in [2.05, 4.69) is 5.10 Å². The van der Waals surface area contributed by atoms with Crippen molar-refractivity contribution in [2.45, 2.75) is 6.54 Å². The quantitative estimate of drug-likeness (QED) is 0.694. The lowest BCUT2D eigenvalue weighted by molar-refractivity contribution is 0.589. The van der Waals surface area contributed by atoms with Crippen molar-refractivity contribution < 1.29 is 4.39 Å². The molecule has 0 aliphatic rings. The lowest BCUT2D eigenvalue weighted by atomic mass is 9.95. The van der Waals surface area contributed by atoms with Gasteiger partial charge in [-0.05, 0) is 18.2 Å². The Labute approximate surface area is 111 Å². The van der Waals surface area contributed by atoms with Crippen molar-refractivity contribution >= 4 is 30.0 Å². The summed E-state index contributed by atoms with van der Waals surface area (Å²) in [7, 11) is 2.01. The van der Waals surface area contributed by atoms with Crippen LogP contribution >= 0.6 is 0 Å². The van der Waals surface area contributed by atoms with Gasteiger partial charge in [0, 0.05) is 10.9 Å². The summed E-state index contributed by atoms with van der Waals surface area (Å²) in [6.45, 7) is 0.340. The molecule has 3 aromatic rings. The lowest BCUT2D eigenvalue weighted by Crippen LogP contribution is -2.07. The molecule has 0 aliphatic heterocycles. The van der Waals surface area contributed by atoms with Crippen LogP contribution < -0.4 is 11.2 Å². The molecule has 0 aliphatic carbocycles. The largest absolute Gasteiger partial charge is 0.383 e. The van der Waals surface area contributed by atoms with Crippen LogP contribution in [0.2, 0.25) is 0 Å². The van der Waals surface area contributed by atoms with Crippen LogP contribution in [0.15, 0.2) is 42.5 Å². The van der Waals surface area contributed by atoms with E-state index in [1.165, 1.54) is 6.07 Å². The Bertz CT molecular complexity index is 752. The van der Waals surface area contributed by atoms with E-state index in [-0.39, 0.29) is 5.82 Å². The zero-order valence-electron chi connectivity index (χ0n) is 10.6. The van der Waals surface area contributed by atoms with E-state index in [0.717, 1.165) is 16.4 Å². The van der Waals surface area contributed by atoms with Gasteiger partial charge in [-0.15, -0.1) is 0 Å². The Morgan fingerprint density at radius 2 is 2.00 bits per heavy atom. The first-order valence-corrected chi connectivity index (χ1v) is 6.11. The van der Waals surface area contributed by atoms with Crippen LogP contribution in [-0.4, -0.2) is 17.6 Å². The molecule has 3 rings (SSSR count). The van der Waals surface area contributed by atoms with Crippen molar-refractivity contribution in [3.63, 3.8) is 0 Å². The molecular weight excluding hydrogens is 240 g/mol. The molecule has 1 aromatic heterocycles. The van der Waals surface area contributed by atoms with Crippen LogP contribution in [0, 0.1) is 5.82 Å². The minimum Gasteiger partial charge on any atom is -0.383 e. The fraction of sp³-hybridized carbons (Fsp3) is 0.0714. The fourth-order valence-corrected chi connectivity index (χ4v) is 2.17. The SMILES string of the molecule is Bc1ccc2c(N)n(Cc3ccccc3F)nc2c1. The van der Waals surface area contributed by atoms with Crippen molar-refractivity contribution in [2.24, 2.45) is 0 Å². The third-order valence-corrected chi connectivity index (χ3v) is 3.21. The van der Waals surface area contributed by atoms with E-state index in [4.69, 9.17) is 5.73 Å². The maximum absolute atomic E-state index is 13.6. The van der Waals surface area contributed by atoms with E-state index in [9.17, 15) is 4.39 Å². The van der Waals surface area contributed by atoms with Gasteiger partial charge in [0.25, 0.3) is 0 Å². The summed E-state index contributed by atoms with van der Waals surface area (Å²) in [5.41, 5.74) is 8.62. The minimum absolute atomic E-state index is 0.238. The van der Waals surface area contributed by atoms with Crippen LogP contribution in [0.1, 0.15) is 5.56 Å². The van der Waals surface area contributed by atoms with Gasteiger partial charge in [0.05, 0.1) is 12.1 Å². The number of benzene rings is 2. The predicted octanol–water partition coefficient (Wildman–Crippen LogP) is 1.06. The number of hydrogen-bond donors (Lipinski definition) is 1. The third-order valence-electron chi connectivity index (χ3n) is 3.21. The van der Waals surface area contributed by atoms with Gasteiger partial charge in [-0.25, -0.2) is 9.07 Å². The number of hydrogen-bond acceptors (Lipinski definition) is 2. The highest BCUT2D eigenvalue weighted by Gasteiger charge is 2.10. The molecular formula is C14H13BFN3. The van der Waals surface area contributed by atoms with Crippen molar-refractivity contribution in [1.82, 2.24) is 9.78 Å². The maximum Gasteiger partial charge on any atom is 0.139 e. The summed E-state index contributed by atoms with van der Waals surface area (Å²) in [5, 5.41) is 5.34. The Balaban J connectivity index is 2.06. The summed E-state index contributed by atoms with van der Waals surface area (Å²) >= 11 is 0. The lowest BCUT2D eigenvalue weighted by Gasteiger charge is -2.05. The molecule has 2 N–H and O–H groups in total. The first kappa shape index (κ1) is 11.8. The van der Waals surface area contributed by atoms with E-state index in [0.29, 0.717) is 17.9 Å². The highest BCUT2D eigenvalue weighted by molar-refractivity contribution is 6.33. The van der Waals surface area contributed by atoms with E-state index < -0.39 is 0 Å². The molecule has 0 radical (unpaired) electrons. The fourth-order valence-electron chi connectivity index (χ4n) is 2.17. The number of fused-ring (bicyclic) bond motifs is 1. The van der Waals surface area contributed by atoms with Crippen LogP contribution in [0.25, 0.3) is 10.9 Å². The van der Waals surface area contributed by atoms with Crippen LogP contribution in [0.3, 0.4) is 0 Å². The zero-order chi connectivity index (χ0) is 13.4. The second kappa shape index (κ2) is 4.42. The monoisotopic (exact) mass is 253 g/mol. The maximum atomic E-state index is 13.6. The second-order valence-electron chi connectivity index (χ2n) is 4.65. The number of halogens is 1. The summed E-state index contributed by atoms with van der Waals surface area (Å²) in [6, 6.07) is 12.6. The second-order valence-corrected chi connectivity index (χ2v) is 4.65. The van der Waals surface area contributed by atoms with Gasteiger partial charge >= 0.3 is 0 Å². The number of nitrogen functional groups attached to an aromatic ring is 1. The number of nitrogens with two attached hydrogens (primary N) is 1. The summed E-state index contributed by atoms with van der Waals surface area (Å²) in [4.78, 5) is 0. The average Bonchev–Trinajstić information content (AvgIpc) is 2.68. The van der Waals surface area contributed by atoms with Gasteiger partial charge in [0.2, 0.25) is 0 Å². The van der Waals surface area contributed by atoms with Crippen LogP contribution in [0.5, 0.6) is 0 Å². The molecule has 19 heavy (non-hydrogen) atoms. The molecule has 2 aromatic carbocycles. The Morgan fingerprint density at radius 3 is 2.79 bits per heavy atom. The van der Waals surface area contributed by atoms with Gasteiger partial charge in [0.1, 0.15) is 19.5 Å². The zero-order valence-corrected chi connectivity index (χ0v) is 10.6. The molecule has 0 unspecified atom stereocenters. The van der Waals surface area contributed by atoms with Crippen molar-refractivity contribution in [3.05, 3.63) is 53.8 Å². The first-order chi connectivity index (χ1) is 9.15. The Kier molecular flexibility index (Phi) is 2.74. The summed E-state index contributed by atoms with van der Waals surface area (Å²) < 4.78 is 15.3. The number of aromatic nitrogens is 2. The van der Waals surface area contributed by atoms with Gasteiger partial charge in [-0.1, -0.05) is 29.7 Å². The molecule has 0 saturated heterocycles. The first-order valence-electron chi connectivity index (χ1n) is 6.11. The van der Waals surface area contributed by atoms with Gasteiger partial charge in [0.15, 0.2) is 0 Å². The summed E-state index contributed by atoms with van der Waals surface area (Å²) in [6.07, 6.45) is 0. The molecule has 0 amide bonds. The predicted molar refractivity (Wildman–Crippen MR) is 77.8 cm³/mol. The summed E-state index contributed by atoms with van der Waals surface area (Å²) in [5.74, 6) is 0.330. The third kappa shape index (κ3) is 2.07. The highest BCUT2D eigenvalue weighted by atomic mass is 19.1. The standard InChI is InChI=1S/C14H13BFN3/c15-10-5-6-11-13(7-10)18-19(14(11)17)8-9-3-1-2-4-12(9)16/h1-7H,8,15,17H2. The molecule has 5 heteroatoms. The average molecular weight is 253 g/mol. The topological polar surface area (TPSA) is 43.8 Å². The number of nitrogens with zero attached hydrogens (tertiary/aromatic N) is 2. The van der Waals surface area contributed by atoms with E-state index in [1.54, 1.807) is 16.8 Å². The van der Waals surface area contributed by atoms with Crippen LogP contribution in [0.4, 0.5) is 10.2 Å². The Hall–Kier alpha value is -2.30. The molecule has 3 nitrogen and oxygen atoms in total. The normalized spacial score (nSPS) is 11.0. The van der Waals surface area contributed by atoms with Crippen molar-refractivity contribution in [3.8, 4) is 0 Å². The smallest absolute Gasteiger partial charge is 0.139 e. The number of rotatable bonds is 2. The van der Waals surface area contributed by atoms with Crippen molar-refractivity contribution in [1.29, 1.82) is 0 Å². The van der Waals surface area contributed by atoms with E-state index >= 15 is 0 Å². The molecule has 0 saturated carbocycles. The Morgan fingerprint density at radius 1 is 1.21 bits per heavy atom. The molecule has 0 atom stereocenters. The highest BCUT2D eigenvalue weighted by Crippen LogP contribution is 2.20. The number of anilines is 1. The molecule has 0 fully saturated rings.